The summed E-state index contributed by atoms with van der Waals surface area (Å²) < 4.78 is 26.4. The lowest BCUT2D eigenvalue weighted by atomic mass is 10.3. The van der Waals surface area contributed by atoms with Crippen LogP contribution < -0.4 is 15.4 Å². The second-order valence-electron chi connectivity index (χ2n) is 4.55. The number of nitrogens with zero attached hydrogens (tertiary/aromatic N) is 1. The molecule has 0 heterocycles. The number of nitrogens with two attached hydrogens (primary N) is 1. The molecule has 18 heavy (non-hydrogen) atoms. The molecule has 5 nitrogen and oxygen atoms in total. The molecule has 0 radical (unpaired) electrons. The van der Waals surface area contributed by atoms with Crippen LogP contribution in [0.1, 0.15) is 13.3 Å². The van der Waals surface area contributed by atoms with E-state index in [4.69, 9.17) is 5.73 Å². The molecule has 0 aromatic heterocycles. The molecule has 0 fully saturated rings. The first-order valence-corrected chi connectivity index (χ1v) is 7.34. The van der Waals surface area contributed by atoms with Crippen molar-refractivity contribution in [1.29, 1.82) is 0 Å². The maximum absolute atomic E-state index is 11.9. The molecule has 0 spiro atoms. The summed E-state index contributed by atoms with van der Waals surface area (Å²) in [6.07, 6.45) is 0.620. The predicted molar refractivity (Wildman–Crippen MR) is 74.2 cm³/mol. The van der Waals surface area contributed by atoms with Crippen molar-refractivity contribution in [1.82, 2.24) is 4.72 Å². The van der Waals surface area contributed by atoms with E-state index in [1.807, 2.05) is 25.9 Å². The Morgan fingerprint density at radius 1 is 1.28 bits per heavy atom. The summed E-state index contributed by atoms with van der Waals surface area (Å²) in [6, 6.07) is 6.75. The van der Waals surface area contributed by atoms with Gasteiger partial charge in [0, 0.05) is 32.4 Å². The molecular formula is C12H21N3O2S. The zero-order chi connectivity index (χ0) is 13.8. The highest BCUT2D eigenvalue weighted by molar-refractivity contribution is 7.89. The molecule has 0 aliphatic heterocycles. The van der Waals surface area contributed by atoms with Crippen LogP contribution in [0.25, 0.3) is 0 Å². The van der Waals surface area contributed by atoms with Gasteiger partial charge in [0.15, 0.2) is 0 Å². The Bertz CT molecular complexity index is 467. The average Bonchev–Trinajstić information content (AvgIpc) is 2.28. The van der Waals surface area contributed by atoms with Crippen molar-refractivity contribution < 1.29 is 8.42 Å². The lowest BCUT2D eigenvalue weighted by Crippen LogP contribution is -2.29. The van der Waals surface area contributed by atoms with Gasteiger partial charge in [0.2, 0.25) is 10.0 Å². The van der Waals surface area contributed by atoms with Crippen LogP contribution in [0.2, 0.25) is 0 Å². The van der Waals surface area contributed by atoms with Gasteiger partial charge < -0.3 is 10.6 Å². The summed E-state index contributed by atoms with van der Waals surface area (Å²) in [5.41, 5.74) is 6.54. The van der Waals surface area contributed by atoms with Gasteiger partial charge in [-0.25, -0.2) is 13.1 Å². The van der Waals surface area contributed by atoms with Crippen LogP contribution in [0.3, 0.4) is 0 Å². The maximum atomic E-state index is 11.9. The number of rotatable bonds is 6. The number of sulfonamides is 1. The molecule has 0 saturated carbocycles. The Morgan fingerprint density at radius 3 is 2.28 bits per heavy atom. The lowest BCUT2D eigenvalue weighted by Gasteiger charge is -2.13. The van der Waals surface area contributed by atoms with Crippen LogP contribution in [0.4, 0.5) is 5.69 Å². The van der Waals surface area contributed by atoms with Gasteiger partial charge in [-0.05, 0) is 37.6 Å². The summed E-state index contributed by atoms with van der Waals surface area (Å²) >= 11 is 0. The van der Waals surface area contributed by atoms with Crippen LogP contribution in [-0.4, -0.2) is 35.1 Å². The second kappa shape index (κ2) is 6.17. The molecule has 0 saturated heterocycles. The molecule has 0 aliphatic rings. The minimum absolute atomic E-state index is 0.0104. The van der Waals surface area contributed by atoms with Crippen LogP contribution in [0.15, 0.2) is 29.2 Å². The first kappa shape index (κ1) is 14.9. The Balaban J connectivity index is 2.73. The van der Waals surface area contributed by atoms with Gasteiger partial charge in [-0.2, -0.15) is 0 Å². The summed E-state index contributed by atoms with van der Waals surface area (Å²) in [7, 11) is 0.392. The summed E-state index contributed by atoms with van der Waals surface area (Å²) in [6.45, 7) is 2.20. The fourth-order valence-corrected chi connectivity index (χ4v) is 2.48. The zero-order valence-corrected chi connectivity index (χ0v) is 11.9. The van der Waals surface area contributed by atoms with E-state index in [1.165, 1.54) is 0 Å². The quantitative estimate of drug-likeness (QED) is 0.801. The molecule has 0 aliphatic carbocycles. The normalized spacial score (nSPS) is 13.3. The van der Waals surface area contributed by atoms with E-state index in [1.54, 1.807) is 24.3 Å². The highest BCUT2D eigenvalue weighted by atomic mass is 32.2. The van der Waals surface area contributed by atoms with Crippen molar-refractivity contribution in [3.63, 3.8) is 0 Å². The molecule has 0 amide bonds. The molecule has 3 N–H and O–H groups in total. The van der Waals surface area contributed by atoms with E-state index in [9.17, 15) is 8.42 Å². The Morgan fingerprint density at radius 2 is 1.83 bits per heavy atom. The Labute approximate surface area is 109 Å². The smallest absolute Gasteiger partial charge is 0.240 e. The van der Waals surface area contributed by atoms with Crippen molar-refractivity contribution in [2.75, 3.05) is 25.5 Å². The van der Waals surface area contributed by atoms with Crippen molar-refractivity contribution in [3.05, 3.63) is 24.3 Å². The van der Waals surface area contributed by atoms with Gasteiger partial charge in [0.05, 0.1) is 4.90 Å². The summed E-state index contributed by atoms with van der Waals surface area (Å²) in [4.78, 5) is 2.19. The number of hydrogen-bond acceptors (Lipinski definition) is 4. The number of anilines is 1. The maximum Gasteiger partial charge on any atom is 0.240 e. The van der Waals surface area contributed by atoms with Gasteiger partial charge in [0.1, 0.15) is 0 Å². The first-order valence-electron chi connectivity index (χ1n) is 5.85. The third-order valence-electron chi connectivity index (χ3n) is 2.56. The fourth-order valence-electron chi connectivity index (χ4n) is 1.43. The molecule has 102 valence electrons. The number of hydrogen-bond donors (Lipinski definition) is 2. The van der Waals surface area contributed by atoms with Gasteiger partial charge in [-0.3, -0.25) is 0 Å². The van der Waals surface area contributed by atoms with E-state index < -0.39 is 10.0 Å². The molecule has 6 heteroatoms. The highest BCUT2D eigenvalue weighted by Gasteiger charge is 2.13. The standard InChI is InChI=1S/C12H21N3O2S/c1-10(13)8-9-14-18(16,17)12-6-4-11(5-7-12)15(2)3/h4-7,10,14H,8-9,13H2,1-3H3. The van der Waals surface area contributed by atoms with Crippen molar-refractivity contribution in [3.8, 4) is 0 Å². The topological polar surface area (TPSA) is 75.4 Å². The molecule has 1 rings (SSSR count). The van der Waals surface area contributed by atoms with Gasteiger partial charge in [0.25, 0.3) is 0 Å². The SMILES string of the molecule is CC(N)CCNS(=O)(=O)c1ccc(N(C)C)cc1. The highest BCUT2D eigenvalue weighted by Crippen LogP contribution is 2.15. The van der Waals surface area contributed by atoms with E-state index in [2.05, 4.69) is 4.72 Å². The van der Waals surface area contributed by atoms with E-state index in [0.717, 1.165) is 5.69 Å². The number of benzene rings is 1. The predicted octanol–water partition coefficient (Wildman–Crippen LogP) is 0.768. The Kier molecular flexibility index (Phi) is 5.13. The van der Waals surface area contributed by atoms with Gasteiger partial charge >= 0.3 is 0 Å². The molecular weight excluding hydrogens is 250 g/mol. The third kappa shape index (κ3) is 4.29. The fraction of sp³-hybridized carbons (Fsp3) is 0.500. The van der Waals surface area contributed by atoms with Crippen LogP contribution in [0.5, 0.6) is 0 Å². The van der Waals surface area contributed by atoms with Crippen LogP contribution in [0, 0.1) is 0 Å². The van der Waals surface area contributed by atoms with Crippen LogP contribution in [-0.2, 0) is 10.0 Å². The minimum Gasteiger partial charge on any atom is -0.378 e. The zero-order valence-electron chi connectivity index (χ0n) is 11.1. The van der Waals surface area contributed by atoms with E-state index in [0.29, 0.717) is 13.0 Å². The summed E-state index contributed by atoms with van der Waals surface area (Å²) in [5.74, 6) is 0. The molecule has 1 atom stereocenters. The van der Waals surface area contributed by atoms with Gasteiger partial charge in [-0.15, -0.1) is 0 Å². The van der Waals surface area contributed by atoms with Crippen molar-refractivity contribution in [2.45, 2.75) is 24.3 Å². The van der Waals surface area contributed by atoms with Crippen molar-refractivity contribution >= 4 is 15.7 Å². The van der Waals surface area contributed by atoms with Crippen LogP contribution >= 0.6 is 0 Å². The Hall–Kier alpha value is -1.11. The average molecular weight is 271 g/mol. The molecule has 1 unspecified atom stereocenters. The van der Waals surface area contributed by atoms with E-state index >= 15 is 0 Å². The van der Waals surface area contributed by atoms with E-state index in [-0.39, 0.29) is 10.9 Å². The second-order valence-corrected chi connectivity index (χ2v) is 6.32. The number of nitrogens with one attached hydrogen (secondary N) is 1. The van der Waals surface area contributed by atoms with Crippen molar-refractivity contribution in [2.24, 2.45) is 5.73 Å². The molecule has 0 bridgehead atoms. The first-order chi connectivity index (χ1) is 8.33. The largest absolute Gasteiger partial charge is 0.378 e. The lowest BCUT2D eigenvalue weighted by molar-refractivity contribution is 0.572. The monoisotopic (exact) mass is 271 g/mol. The summed E-state index contributed by atoms with van der Waals surface area (Å²) in [5, 5.41) is 0. The third-order valence-corrected chi connectivity index (χ3v) is 4.03. The van der Waals surface area contributed by atoms with Gasteiger partial charge in [-0.1, -0.05) is 0 Å². The molecule has 1 aromatic rings. The minimum atomic E-state index is -3.42. The molecule has 1 aromatic carbocycles.